The lowest BCUT2D eigenvalue weighted by molar-refractivity contribution is 0.324. The molecule has 4 heteroatoms. The summed E-state index contributed by atoms with van der Waals surface area (Å²) in [5.74, 6) is 2.25. The van der Waals surface area contributed by atoms with Crippen molar-refractivity contribution in [3.63, 3.8) is 0 Å². The summed E-state index contributed by atoms with van der Waals surface area (Å²) in [6, 6.07) is 0.656. The van der Waals surface area contributed by atoms with E-state index < -0.39 is 0 Å². The van der Waals surface area contributed by atoms with Gasteiger partial charge in [0.15, 0.2) is 0 Å². The Labute approximate surface area is 103 Å². The van der Waals surface area contributed by atoms with Gasteiger partial charge in [-0.05, 0) is 28.8 Å². The molecule has 2 heterocycles. The molecular weight excluding hydrogens is 272 g/mol. The Kier molecular flexibility index (Phi) is 2.81. The first-order chi connectivity index (χ1) is 7.36. The van der Waals surface area contributed by atoms with E-state index in [1.54, 1.807) is 0 Å². The summed E-state index contributed by atoms with van der Waals surface area (Å²) in [5, 5.41) is 4.76. The normalized spacial score (nSPS) is 21.9. The summed E-state index contributed by atoms with van der Waals surface area (Å²) in [7, 11) is 0. The molecule has 0 bridgehead atoms. The second-order valence-electron chi connectivity index (χ2n) is 4.45. The lowest BCUT2D eigenvalue weighted by Gasteiger charge is -2.23. The molecule has 1 fully saturated rings. The molecule has 0 atom stereocenters. The van der Waals surface area contributed by atoms with E-state index in [1.165, 1.54) is 48.0 Å². The van der Waals surface area contributed by atoms with Crippen molar-refractivity contribution in [2.24, 2.45) is 0 Å². The summed E-state index contributed by atoms with van der Waals surface area (Å²) >= 11 is 5.70. The van der Waals surface area contributed by atoms with Crippen molar-refractivity contribution in [1.29, 1.82) is 0 Å². The summed E-state index contributed by atoms with van der Waals surface area (Å²) in [4.78, 5) is 0. The largest absolute Gasteiger partial charge is 0.255 e. The van der Waals surface area contributed by atoms with Gasteiger partial charge in [-0.3, -0.25) is 4.68 Å². The van der Waals surface area contributed by atoms with Gasteiger partial charge < -0.3 is 0 Å². The van der Waals surface area contributed by atoms with Crippen molar-refractivity contribution < 1.29 is 0 Å². The van der Waals surface area contributed by atoms with Crippen molar-refractivity contribution in [3.8, 4) is 0 Å². The van der Waals surface area contributed by atoms with Crippen molar-refractivity contribution in [2.75, 3.05) is 0 Å². The van der Waals surface area contributed by atoms with E-state index in [4.69, 9.17) is 5.10 Å². The maximum absolute atomic E-state index is 4.76. The van der Waals surface area contributed by atoms with Crippen LogP contribution in [0.4, 0.5) is 0 Å². The van der Waals surface area contributed by atoms with Gasteiger partial charge in [-0.1, -0.05) is 19.3 Å². The fraction of sp³-hybridized carbons (Fsp3) is 0.727. The zero-order valence-corrected chi connectivity index (χ0v) is 11.1. The minimum absolute atomic E-state index is 0.656. The molecule has 0 N–H and O–H groups in total. The molecule has 15 heavy (non-hydrogen) atoms. The number of aromatic nitrogens is 2. The van der Waals surface area contributed by atoms with E-state index in [-0.39, 0.29) is 0 Å². The average Bonchev–Trinajstić information content (AvgIpc) is 2.83. The van der Waals surface area contributed by atoms with Crippen LogP contribution in [0.1, 0.15) is 49.4 Å². The number of hydrogen-bond donors (Lipinski definition) is 0. The molecule has 0 saturated heterocycles. The van der Waals surface area contributed by atoms with Gasteiger partial charge in [-0.25, -0.2) is 0 Å². The van der Waals surface area contributed by atoms with Crippen LogP contribution in [0, 0.1) is 0 Å². The predicted octanol–water partition coefficient (Wildman–Crippen LogP) is 3.90. The molecule has 1 aliphatic heterocycles. The van der Waals surface area contributed by atoms with Crippen LogP contribution in [0.2, 0.25) is 0 Å². The van der Waals surface area contributed by atoms with E-state index in [9.17, 15) is 0 Å². The van der Waals surface area contributed by atoms with Crippen molar-refractivity contribution in [2.45, 2.75) is 49.7 Å². The Morgan fingerprint density at radius 3 is 2.73 bits per heavy atom. The molecule has 1 aromatic rings. The molecule has 0 spiro atoms. The molecule has 2 nitrogen and oxygen atoms in total. The third kappa shape index (κ3) is 1.76. The Bertz CT molecular complexity index is 369. The SMILES string of the molecule is Brc1c2c(nn1C1CCCCC1)CSC2. The fourth-order valence-electron chi connectivity index (χ4n) is 2.57. The quantitative estimate of drug-likeness (QED) is 0.779. The molecule has 0 unspecified atom stereocenters. The highest BCUT2D eigenvalue weighted by atomic mass is 79.9. The number of hydrogen-bond acceptors (Lipinski definition) is 2. The number of halogens is 1. The fourth-order valence-corrected chi connectivity index (χ4v) is 4.53. The van der Waals surface area contributed by atoms with E-state index in [1.807, 2.05) is 11.8 Å². The highest BCUT2D eigenvalue weighted by molar-refractivity contribution is 9.10. The smallest absolute Gasteiger partial charge is 0.108 e. The number of nitrogens with zero attached hydrogens (tertiary/aromatic N) is 2. The van der Waals surface area contributed by atoms with Gasteiger partial charge in [-0.2, -0.15) is 16.9 Å². The highest BCUT2D eigenvalue weighted by Gasteiger charge is 2.25. The molecular formula is C11H15BrN2S. The van der Waals surface area contributed by atoms with Crippen molar-refractivity contribution in [3.05, 3.63) is 15.9 Å². The minimum atomic E-state index is 0.656. The second-order valence-corrected chi connectivity index (χ2v) is 6.18. The molecule has 82 valence electrons. The first-order valence-corrected chi connectivity index (χ1v) is 7.64. The lowest BCUT2D eigenvalue weighted by atomic mass is 9.96. The first-order valence-electron chi connectivity index (χ1n) is 5.70. The molecule has 1 saturated carbocycles. The Morgan fingerprint density at radius 1 is 1.20 bits per heavy atom. The van der Waals surface area contributed by atoms with Crippen LogP contribution in [0.3, 0.4) is 0 Å². The van der Waals surface area contributed by atoms with Gasteiger partial charge in [-0.15, -0.1) is 0 Å². The number of rotatable bonds is 1. The van der Waals surface area contributed by atoms with Crippen molar-refractivity contribution in [1.82, 2.24) is 9.78 Å². The minimum Gasteiger partial charge on any atom is -0.255 e. The summed E-state index contributed by atoms with van der Waals surface area (Å²) < 4.78 is 3.51. The highest BCUT2D eigenvalue weighted by Crippen LogP contribution is 2.38. The van der Waals surface area contributed by atoms with Crippen molar-refractivity contribution >= 4 is 27.7 Å². The van der Waals surface area contributed by atoms with Gasteiger partial charge in [0.1, 0.15) is 4.60 Å². The molecule has 3 rings (SSSR count). The van der Waals surface area contributed by atoms with E-state index in [0.717, 1.165) is 11.5 Å². The number of fused-ring (bicyclic) bond motifs is 1. The van der Waals surface area contributed by atoms with E-state index in [0.29, 0.717) is 6.04 Å². The van der Waals surface area contributed by atoms with Crippen LogP contribution in [0.5, 0.6) is 0 Å². The molecule has 0 aromatic carbocycles. The lowest BCUT2D eigenvalue weighted by Crippen LogP contribution is -2.14. The van der Waals surface area contributed by atoms with E-state index in [2.05, 4.69) is 20.6 Å². The first kappa shape index (κ1) is 10.2. The van der Waals surface area contributed by atoms with Gasteiger partial charge >= 0.3 is 0 Å². The maximum atomic E-state index is 4.76. The van der Waals surface area contributed by atoms with Crippen LogP contribution in [0.15, 0.2) is 4.60 Å². The molecule has 0 amide bonds. The summed E-state index contributed by atoms with van der Waals surface area (Å²) in [6.07, 6.45) is 6.77. The van der Waals surface area contributed by atoms with Crippen LogP contribution in [0.25, 0.3) is 0 Å². The predicted molar refractivity (Wildman–Crippen MR) is 67.0 cm³/mol. The standard InChI is InChI=1S/C11H15BrN2S/c12-11-9-6-15-7-10(9)13-14(11)8-4-2-1-3-5-8/h8H,1-7H2. The summed E-state index contributed by atoms with van der Waals surface area (Å²) in [6.45, 7) is 0. The third-order valence-corrected chi connectivity index (χ3v) is 5.25. The topological polar surface area (TPSA) is 17.8 Å². The maximum Gasteiger partial charge on any atom is 0.108 e. The van der Waals surface area contributed by atoms with Gasteiger partial charge in [0.25, 0.3) is 0 Å². The zero-order valence-electron chi connectivity index (χ0n) is 8.71. The molecule has 1 aliphatic carbocycles. The van der Waals surface area contributed by atoms with Crippen LogP contribution in [-0.2, 0) is 11.5 Å². The summed E-state index contributed by atoms with van der Waals surface area (Å²) in [5.41, 5.74) is 2.77. The monoisotopic (exact) mass is 286 g/mol. The van der Waals surface area contributed by atoms with Crippen LogP contribution in [-0.4, -0.2) is 9.78 Å². The van der Waals surface area contributed by atoms with Crippen LogP contribution < -0.4 is 0 Å². The molecule has 2 aliphatic rings. The Hall–Kier alpha value is 0.0400. The molecule has 1 aromatic heterocycles. The second kappa shape index (κ2) is 4.13. The average molecular weight is 287 g/mol. The number of thioether (sulfide) groups is 1. The Morgan fingerprint density at radius 2 is 2.00 bits per heavy atom. The molecule has 0 radical (unpaired) electrons. The van der Waals surface area contributed by atoms with Gasteiger partial charge in [0, 0.05) is 17.1 Å². The van der Waals surface area contributed by atoms with Crippen LogP contribution >= 0.6 is 27.7 Å². The van der Waals surface area contributed by atoms with Gasteiger partial charge in [0.2, 0.25) is 0 Å². The zero-order chi connectivity index (χ0) is 10.3. The van der Waals surface area contributed by atoms with E-state index >= 15 is 0 Å². The third-order valence-electron chi connectivity index (χ3n) is 3.43. The Balaban J connectivity index is 1.91. The van der Waals surface area contributed by atoms with Gasteiger partial charge in [0.05, 0.1) is 11.7 Å².